The standard InChI is InChI=1S/C20H29N3O4/c24-20(21-13-17-2-1-11-25-17)5-6-22-7-9-23(10-8-22)14-16-3-4-18-19(12-16)27-15-26-18/h3-4,12,17H,1-2,5-11,13-15H2,(H,21,24). The predicted molar refractivity (Wildman–Crippen MR) is 101 cm³/mol. The first kappa shape index (κ1) is 18.5. The lowest BCUT2D eigenvalue weighted by molar-refractivity contribution is -0.122. The number of hydrogen-bond acceptors (Lipinski definition) is 6. The number of hydrogen-bond donors (Lipinski definition) is 1. The van der Waals surface area contributed by atoms with Crippen LogP contribution >= 0.6 is 0 Å². The molecular formula is C20H29N3O4. The van der Waals surface area contributed by atoms with Crippen molar-refractivity contribution in [2.24, 2.45) is 0 Å². The monoisotopic (exact) mass is 375 g/mol. The Balaban J connectivity index is 1.13. The summed E-state index contributed by atoms with van der Waals surface area (Å²) in [6.07, 6.45) is 2.95. The zero-order valence-corrected chi connectivity index (χ0v) is 15.8. The topological polar surface area (TPSA) is 63.3 Å². The number of benzene rings is 1. The van der Waals surface area contributed by atoms with Gasteiger partial charge in [-0.2, -0.15) is 0 Å². The summed E-state index contributed by atoms with van der Waals surface area (Å²) in [6.45, 7) is 7.60. The average molecular weight is 375 g/mol. The largest absolute Gasteiger partial charge is 0.454 e. The molecule has 7 nitrogen and oxygen atoms in total. The zero-order valence-electron chi connectivity index (χ0n) is 15.8. The first-order chi connectivity index (χ1) is 13.3. The highest BCUT2D eigenvalue weighted by atomic mass is 16.7. The van der Waals surface area contributed by atoms with Crippen molar-refractivity contribution in [3.8, 4) is 11.5 Å². The molecule has 0 radical (unpaired) electrons. The van der Waals surface area contributed by atoms with Crippen LogP contribution < -0.4 is 14.8 Å². The van der Waals surface area contributed by atoms with Gasteiger partial charge in [-0.25, -0.2) is 0 Å². The number of carbonyl (C=O) groups is 1. The van der Waals surface area contributed by atoms with Crippen molar-refractivity contribution >= 4 is 5.91 Å². The van der Waals surface area contributed by atoms with Crippen LogP contribution in [0.4, 0.5) is 0 Å². The van der Waals surface area contributed by atoms with Crippen molar-refractivity contribution in [1.82, 2.24) is 15.1 Å². The van der Waals surface area contributed by atoms with Gasteiger partial charge in [0.15, 0.2) is 11.5 Å². The van der Waals surface area contributed by atoms with E-state index in [9.17, 15) is 4.79 Å². The van der Waals surface area contributed by atoms with Crippen molar-refractivity contribution in [1.29, 1.82) is 0 Å². The summed E-state index contributed by atoms with van der Waals surface area (Å²) in [5, 5.41) is 3.00. The zero-order chi connectivity index (χ0) is 18.5. The fourth-order valence-corrected chi connectivity index (χ4v) is 3.85. The van der Waals surface area contributed by atoms with E-state index in [1.807, 2.05) is 6.07 Å². The Hall–Kier alpha value is -1.83. The van der Waals surface area contributed by atoms with E-state index in [0.29, 0.717) is 19.8 Å². The molecule has 1 aromatic carbocycles. The maximum Gasteiger partial charge on any atom is 0.231 e. The highest BCUT2D eigenvalue weighted by molar-refractivity contribution is 5.76. The maximum atomic E-state index is 12.0. The fourth-order valence-electron chi connectivity index (χ4n) is 3.85. The second kappa shape index (κ2) is 8.91. The molecule has 7 heteroatoms. The third kappa shape index (κ3) is 5.12. The Morgan fingerprint density at radius 1 is 1.11 bits per heavy atom. The number of nitrogens with one attached hydrogen (secondary N) is 1. The second-order valence-electron chi connectivity index (χ2n) is 7.49. The number of rotatable bonds is 7. The molecule has 1 amide bonds. The summed E-state index contributed by atoms with van der Waals surface area (Å²) in [4.78, 5) is 16.8. The molecular weight excluding hydrogens is 346 g/mol. The highest BCUT2D eigenvalue weighted by Crippen LogP contribution is 2.32. The molecule has 1 unspecified atom stereocenters. The quantitative estimate of drug-likeness (QED) is 0.773. The van der Waals surface area contributed by atoms with Crippen molar-refractivity contribution in [2.45, 2.75) is 31.9 Å². The Morgan fingerprint density at radius 3 is 2.74 bits per heavy atom. The molecule has 2 saturated heterocycles. The molecule has 27 heavy (non-hydrogen) atoms. The van der Waals surface area contributed by atoms with Gasteiger partial charge >= 0.3 is 0 Å². The number of nitrogens with zero attached hydrogens (tertiary/aromatic N) is 2. The van der Waals surface area contributed by atoms with E-state index in [1.54, 1.807) is 0 Å². The summed E-state index contributed by atoms with van der Waals surface area (Å²) >= 11 is 0. The van der Waals surface area contributed by atoms with E-state index < -0.39 is 0 Å². The highest BCUT2D eigenvalue weighted by Gasteiger charge is 2.20. The predicted octanol–water partition coefficient (Wildman–Crippen LogP) is 1.22. The lowest BCUT2D eigenvalue weighted by Gasteiger charge is -2.34. The second-order valence-corrected chi connectivity index (χ2v) is 7.49. The molecule has 3 aliphatic heterocycles. The van der Waals surface area contributed by atoms with E-state index in [2.05, 4.69) is 27.2 Å². The van der Waals surface area contributed by atoms with Gasteiger partial charge < -0.3 is 24.4 Å². The van der Waals surface area contributed by atoms with Crippen LogP contribution in [0.5, 0.6) is 11.5 Å². The molecule has 3 heterocycles. The third-order valence-electron chi connectivity index (χ3n) is 5.51. The van der Waals surface area contributed by atoms with E-state index in [0.717, 1.165) is 70.2 Å². The van der Waals surface area contributed by atoms with E-state index >= 15 is 0 Å². The molecule has 148 valence electrons. The lowest BCUT2D eigenvalue weighted by atomic mass is 10.1. The maximum absolute atomic E-state index is 12.0. The number of amides is 1. The normalized spacial score (nSPS) is 22.9. The molecule has 0 spiro atoms. The molecule has 1 atom stereocenters. The first-order valence-electron chi connectivity index (χ1n) is 9.98. The third-order valence-corrected chi connectivity index (χ3v) is 5.51. The van der Waals surface area contributed by atoms with Gasteiger partial charge in [-0.15, -0.1) is 0 Å². The van der Waals surface area contributed by atoms with Gasteiger partial charge in [0.2, 0.25) is 12.7 Å². The van der Waals surface area contributed by atoms with Crippen LogP contribution in [-0.2, 0) is 16.1 Å². The van der Waals surface area contributed by atoms with E-state index in [1.165, 1.54) is 5.56 Å². The number of carbonyl (C=O) groups excluding carboxylic acids is 1. The summed E-state index contributed by atoms with van der Waals surface area (Å²) in [7, 11) is 0. The Bertz CT molecular complexity index is 640. The van der Waals surface area contributed by atoms with Crippen LogP contribution in [0.15, 0.2) is 18.2 Å². The minimum Gasteiger partial charge on any atom is -0.454 e. The SMILES string of the molecule is O=C(CCN1CCN(Cc2ccc3c(c2)OCO3)CC1)NCC1CCCO1. The Kier molecular flexibility index (Phi) is 6.11. The molecule has 1 N–H and O–H groups in total. The molecule has 0 aliphatic carbocycles. The van der Waals surface area contributed by atoms with Crippen LogP contribution in [-0.4, -0.2) is 74.5 Å². The minimum atomic E-state index is 0.133. The van der Waals surface area contributed by atoms with Gasteiger partial charge in [0.1, 0.15) is 0 Å². The van der Waals surface area contributed by atoms with Crippen molar-refractivity contribution in [2.75, 3.05) is 52.7 Å². The summed E-state index contributed by atoms with van der Waals surface area (Å²) in [5.74, 6) is 1.81. The molecule has 0 saturated carbocycles. The molecule has 3 aliphatic rings. The molecule has 0 bridgehead atoms. The summed E-state index contributed by atoms with van der Waals surface area (Å²) in [6, 6.07) is 6.18. The summed E-state index contributed by atoms with van der Waals surface area (Å²) in [5.41, 5.74) is 1.25. The van der Waals surface area contributed by atoms with Gasteiger partial charge in [0.25, 0.3) is 0 Å². The minimum absolute atomic E-state index is 0.133. The van der Waals surface area contributed by atoms with Crippen LogP contribution in [0.1, 0.15) is 24.8 Å². The average Bonchev–Trinajstić information content (AvgIpc) is 3.37. The van der Waals surface area contributed by atoms with Crippen molar-refractivity contribution in [3.05, 3.63) is 23.8 Å². The van der Waals surface area contributed by atoms with Crippen LogP contribution in [0.3, 0.4) is 0 Å². The molecule has 0 aromatic heterocycles. The number of ether oxygens (including phenoxy) is 3. The van der Waals surface area contributed by atoms with Crippen LogP contribution in [0.2, 0.25) is 0 Å². The lowest BCUT2D eigenvalue weighted by Crippen LogP contribution is -2.46. The van der Waals surface area contributed by atoms with Crippen molar-refractivity contribution in [3.63, 3.8) is 0 Å². The summed E-state index contributed by atoms with van der Waals surface area (Å²) < 4.78 is 16.4. The number of fused-ring (bicyclic) bond motifs is 1. The Labute approximate surface area is 160 Å². The Morgan fingerprint density at radius 2 is 1.93 bits per heavy atom. The van der Waals surface area contributed by atoms with Gasteiger partial charge in [-0.3, -0.25) is 9.69 Å². The smallest absolute Gasteiger partial charge is 0.231 e. The van der Waals surface area contributed by atoms with Gasteiger partial charge in [-0.1, -0.05) is 6.07 Å². The molecule has 4 rings (SSSR count). The van der Waals surface area contributed by atoms with E-state index in [4.69, 9.17) is 14.2 Å². The van der Waals surface area contributed by atoms with Gasteiger partial charge in [0, 0.05) is 58.8 Å². The van der Waals surface area contributed by atoms with Gasteiger partial charge in [-0.05, 0) is 30.5 Å². The molecule has 2 fully saturated rings. The van der Waals surface area contributed by atoms with E-state index in [-0.39, 0.29) is 12.0 Å². The number of piperazine rings is 1. The first-order valence-corrected chi connectivity index (χ1v) is 9.98. The van der Waals surface area contributed by atoms with Crippen molar-refractivity contribution < 1.29 is 19.0 Å². The van der Waals surface area contributed by atoms with Crippen LogP contribution in [0, 0.1) is 0 Å². The molecule has 1 aromatic rings. The fraction of sp³-hybridized carbons (Fsp3) is 0.650. The van der Waals surface area contributed by atoms with Gasteiger partial charge in [0.05, 0.1) is 6.10 Å². The van der Waals surface area contributed by atoms with Crippen LogP contribution in [0.25, 0.3) is 0 Å².